The zero-order chi connectivity index (χ0) is 13.4. The standard InChI is InChI=1S/C13H26N2O3/c1-4-14-12(13(16)18-3)7-9-15-8-5-6-11(10-15)17-2/h11-12,14H,4-10H2,1-3H3. The fourth-order valence-electron chi connectivity index (χ4n) is 2.41. The van der Waals surface area contributed by atoms with E-state index in [0.717, 1.165) is 39.0 Å². The maximum absolute atomic E-state index is 11.6. The average Bonchev–Trinajstić information content (AvgIpc) is 2.42. The molecule has 0 saturated carbocycles. The molecule has 0 amide bonds. The lowest BCUT2D eigenvalue weighted by atomic mass is 10.1. The Kier molecular flexibility index (Phi) is 7.23. The molecule has 0 bridgehead atoms. The first-order valence-electron chi connectivity index (χ1n) is 6.77. The van der Waals surface area contributed by atoms with E-state index in [1.807, 2.05) is 6.92 Å². The first-order valence-corrected chi connectivity index (χ1v) is 6.77. The quantitative estimate of drug-likeness (QED) is 0.679. The summed E-state index contributed by atoms with van der Waals surface area (Å²) in [4.78, 5) is 13.9. The van der Waals surface area contributed by atoms with Gasteiger partial charge in [-0.25, -0.2) is 0 Å². The van der Waals surface area contributed by atoms with Gasteiger partial charge in [0.2, 0.25) is 0 Å². The van der Waals surface area contributed by atoms with E-state index >= 15 is 0 Å². The molecule has 0 spiro atoms. The van der Waals surface area contributed by atoms with E-state index in [4.69, 9.17) is 9.47 Å². The van der Waals surface area contributed by atoms with Crippen LogP contribution in [-0.2, 0) is 14.3 Å². The number of likely N-dealkylation sites (tertiary alicyclic amines) is 1. The molecule has 1 heterocycles. The smallest absolute Gasteiger partial charge is 0.322 e. The van der Waals surface area contributed by atoms with Gasteiger partial charge < -0.3 is 19.7 Å². The van der Waals surface area contributed by atoms with Crippen LogP contribution in [0.5, 0.6) is 0 Å². The highest BCUT2D eigenvalue weighted by Gasteiger charge is 2.22. The second-order valence-electron chi connectivity index (χ2n) is 4.72. The normalized spacial score (nSPS) is 22.7. The molecule has 0 aromatic rings. The van der Waals surface area contributed by atoms with Gasteiger partial charge in [0.1, 0.15) is 6.04 Å². The van der Waals surface area contributed by atoms with Gasteiger partial charge in [-0.15, -0.1) is 0 Å². The van der Waals surface area contributed by atoms with E-state index in [1.54, 1.807) is 7.11 Å². The van der Waals surface area contributed by atoms with Gasteiger partial charge in [-0.3, -0.25) is 4.79 Å². The Morgan fingerprint density at radius 3 is 2.89 bits per heavy atom. The number of hydrogen-bond donors (Lipinski definition) is 1. The molecule has 2 atom stereocenters. The number of carbonyl (C=O) groups is 1. The summed E-state index contributed by atoms with van der Waals surface area (Å²) in [5.41, 5.74) is 0. The van der Waals surface area contributed by atoms with Crippen LogP contribution < -0.4 is 5.32 Å². The van der Waals surface area contributed by atoms with Gasteiger partial charge in [0.15, 0.2) is 0 Å². The first-order chi connectivity index (χ1) is 8.71. The van der Waals surface area contributed by atoms with Crippen LogP contribution in [0.4, 0.5) is 0 Å². The van der Waals surface area contributed by atoms with E-state index < -0.39 is 0 Å². The van der Waals surface area contributed by atoms with Crippen LogP contribution in [0.2, 0.25) is 0 Å². The van der Waals surface area contributed by atoms with Crippen molar-refractivity contribution in [2.45, 2.75) is 38.3 Å². The van der Waals surface area contributed by atoms with Crippen LogP contribution in [-0.4, -0.2) is 63.4 Å². The second-order valence-corrected chi connectivity index (χ2v) is 4.72. The first kappa shape index (κ1) is 15.4. The number of hydrogen-bond acceptors (Lipinski definition) is 5. The van der Waals surface area contributed by atoms with Crippen molar-refractivity contribution in [3.8, 4) is 0 Å². The lowest BCUT2D eigenvalue weighted by Gasteiger charge is -2.32. The van der Waals surface area contributed by atoms with Crippen molar-refractivity contribution in [2.24, 2.45) is 0 Å². The van der Waals surface area contributed by atoms with Crippen LogP contribution in [0, 0.1) is 0 Å². The Hall–Kier alpha value is -0.650. The summed E-state index contributed by atoms with van der Waals surface area (Å²) in [5.74, 6) is -0.169. The molecule has 1 rings (SSSR count). The highest BCUT2D eigenvalue weighted by molar-refractivity contribution is 5.75. The molecule has 1 aliphatic heterocycles. The monoisotopic (exact) mass is 258 g/mol. The highest BCUT2D eigenvalue weighted by Crippen LogP contribution is 2.13. The Morgan fingerprint density at radius 1 is 1.50 bits per heavy atom. The number of piperidine rings is 1. The zero-order valence-corrected chi connectivity index (χ0v) is 11.8. The zero-order valence-electron chi connectivity index (χ0n) is 11.8. The molecule has 1 aliphatic rings. The summed E-state index contributed by atoms with van der Waals surface area (Å²) >= 11 is 0. The van der Waals surface area contributed by atoms with Gasteiger partial charge in [-0.2, -0.15) is 0 Å². The molecule has 2 unspecified atom stereocenters. The van der Waals surface area contributed by atoms with Gasteiger partial charge in [0.25, 0.3) is 0 Å². The predicted octanol–water partition coefficient (Wildman–Crippen LogP) is 0.638. The number of carbonyl (C=O) groups excluding carboxylic acids is 1. The van der Waals surface area contributed by atoms with Crippen molar-refractivity contribution in [3.63, 3.8) is 0 Å². The second kappa shape index (κ2) is 8.45. The molecular formula is C13H26N2O3. The topological polar surface area (TPSA) is 50.8 Å². The number of rotatable bonds is 7. The molecule has 5 heteroatoms. The van der Waals surface area contributed by atoms with Crippen molar-refractivity contribution in [3.05, 3.63) is 0 Å². The van der Waals surface area contributed by atoms with Crippen molar-refractivity contribution < 1.29 is 14.3 Å². The van der Waals surface area contributed by atoms with Gasteiger partial charge in [0, 0.05) is 20.2 Å². The maximum Gasteiger partial charge on any atom is 0.322 e. The third kappa shape index (κ3) is 4.92. The fraction of sp³-hybridized carbons (Fsp3) is 0.923. The van der Waals surface area contributed by atoms with Gasteiger partial charge in [-0.05, 0) is 32.4 Å². The lowest BCUT2D eigenvalue weighted by molar-refractivity contribution is -0.143. The molecular weight excluding hydrogens is 232 g/mol. The van der Waals surface area contributed by atoms with Crippen LogP contribution in [0.15, 0.2) is 0 Å². The molecule has 1 fully saturated rings. The SMILES string of the molecule is CCNC(CCN1CCCC(OC)C1)C(=O)OC. The Morgan fingerprint density at radius 2 is 2.28 bits per heavy atom. The summed E-state index contributed by atoms with van der Waals surface area (Å²) in [6, 6.07) is -0.192. The number of esters is 1. The van der Waals surface area contributed by atoms with Crippen molar-refractivity contribution in [2.75, 3.05) is 40.4 Å². The minimum atomic E-state index is -0.192. The minimum Gasteiger partial charge on any atom is -0.468 e. The van der Waals surface area contributed by atoms with E-state index in [0.29, 0.717) is 6.10 Å². The molecule has 0 aromatic heterocycles. The van der Waals surface area contributed by atoms with Gasteiger partial charge in [-0.1, -0.05) is 6.92 Å². The lowest BCUT2D eigenvalue weighted by Crippen LogP contribution is -2.44. The molecule has 0 aromatic carbocycles. The Bertz CT molecular complexity index is 248. The van der Waals surface area contributed by atoms with Gasteiger partial charge >= 0.3 is 5.97 Å². The summed E-state index contributed by atoms with van der Waals surface area (Å²) in [7, 11) is 3.21. The average molecular weight is 258 g/mol. The number of methoxy groups -OCH3 is 2. The van der Waals surface area contributed by atoms with E-state index in [9.17, 15) is 4.79 Å². The van der Waals surface area contributed by atoms with E-state index in [2.05, 4.69) is 10.2 Å². The Balaban J connectivity index is 2.34. The van der Waals surface area contributed by atoms with Crippen LogP contribution in [0.3, 0.4) is 0 Å². The van der Waals surface area contributed by atoms with E-state index in [1.165, 1.54) is 13.5 Å². The minimum absolute atomic E-state index is 0.169. The summed E-state index contributed by atoms with van der Waals surface area (Å²) in [6.07, 6.45) is 3.44. The highest BCUT2D eigenvalue weighted by atomic mass is 16.5. The summed E-state index contributed by atoms with van der Waals surface area (Å²) in [5, 5.41) is 3.17. The molecule has 1 N–H and O–H groups in total. The molecule has 18 heavy (non-hydrogen) atoms. The van der Waals surface area contributed by atoms with Crippen LogP contribution in [0.25, 0.3) is 0 Å². The van der Waals surface area contributed by atoms with Crippen LogP contribution >= 0.6 is 0 Å². The molecule has 5 nitrogen and oxygen atoms in total. The third-order valence-electron chi connectivity index (χ3n) is 3.47. The maximum atomic E-state index is 11.6. The Labute approximate surface area is 110 Å². The largest absolute Gasteiger partial charge is 0.468 e. The molecule has 0 aliphatic carbocycles. The molecule has 0 radical (unpaired) electrons. The predicted molar refractivity (Wildman–Crippen MR) is 70.6 cm³/mol. The fourth-order valence-corrected chi connectivity index (χ4v) is 2.41. The third-order valence-corrected chi connectivity index (χ3v) is 3.47. The number of nitrogens with one attached hydrogen (secondary N) is 1. The summed E-state index contributed by atoms with van der Waals surface area (Å²) in [6.45, 7) is 5.75. The van der Waals surface area contributed by atoms with Crippen molar-refractivity contribution in [1.82, 2.24) is 10.2 Å². The van der Waals surface area contributed by atoms with Crippen molar-refractivity contribution >= 4 is 5.97 Å². The molecule has 1 saturated heterocycles. The summed E-state index contributed by atoms with van der Waals surface area (Å²) < 4.78 is 10.2. The number of ether oxygens (including phenoxy) is 2. The van der Waals surface area contributed by atoms with E-state index in [-0.39, 0.29) is 12.0 Å². The molecule has 106 valence electrons. The number of nitrogens with zero attached hydrogens (tertiary/aromatic N) is 1. The van der Waals surface area contributed by atoms with Crippen LogP contribution in [0.1, 0.15) is 26.2 Å². The van der Waals surface area contributed by atoms with Crippen molar-refractivity contribution in [1.29, 1.82) is 0 Å². The number of likely N-dealkylation sites (N-methyl/N-ethyl adjacent to an activating group) is 1. The van der Waals surface area contributed by atoms with Gasteiger partial charge in [0.05, 0.1) is 13.2 Å².